The number of carbonyl (C=O) groups is 1. The van der Waals surface area contributed by atoms with Crippen molar-refractivity contribution in [1.29, 1.82) is 0 Å². The maximum Gasteiger partial charge on any atom is 0.249 e. The predicted octanol–water partition coefficient (Wildman–Crippen LogP) is 2.60. The fourth-order valence-corrected chi connectivity index (χ4v) is 5.31. The van der Waals surface area contributed by atoms with Crippen molar-refractivity contribution < 1.29 is 50.0 Å². The van der Waals surface area contributed by atoms with Gasteiger partial charge in [0.1, 0.15) is 36.6 Å². The first-order valence-corrected chi connectivity index (χ1v) is 17.1. The lowest BCUT2D eigenvalue weighted by atomic mass is 9.98. The molecule has 0 aromatic rings. The SMILES string of the molecule is CCCCCCCC/C=C\CCCCC(O)C(=O)NC(COC1OC(CO)C(O)C(O)C1O)C(O)C(O)CCCCCCC. The Morgan fingerprint density at radius 3 is 1.93 bits per heavy atom. The highest BCUT2D eigenvalue weighted by Crippen LogP contribution is 2.23. The maximum absolute atomic E-state index is 12.8. The Labute approximate surface area is 264 Å². The monoisotopic (exact) mass is 633 g/mol. The van der Waals surface area contributed by atoms with Crippen LogP contribution in [-0.4, -0.2) is 110 Å². The molecule has 260 valence electrons. The molecule has 0 aromatic heterocycles. The molecule has 0 saturated carbocycles. The third-order valence-corrected chi connectivity index (χ3v) is 8.32. The highest BCUT2D eigenvalue weighted by atomic mass is 16.7. The van der Waals surface area contributed by atoms with E-state index in [0.29, 0.717) is 19.3 Å². The van der Waals surface area contributed by atoms with Crippen LogP contribution in [-0.2, 0) is 14.3 Å². The average Bonchev–Trinajstić information content (AvgIpc) is 3.02. The van der Waals surface area contributed by atoms with Gasteiger partial charge in [-0.3, -0.25) is 4.79 Å². The smallest absolute Gasteiger partial charge is 0.249 e. The largest absolute Gasteiger partial charge is 0.394 e. The van der Waals surface area contributed by atoms with Crippen LogP contribution in [0.15, 0.2) is 12.2 Å². The number of aliphatic hydroxyl groups excluding tert-OH is 7. The molecule has 11 nitrogen and oxygen atoms in total. The summed E-state index contributed by atoms with van der Waals surface area (Å²) in [5, 5.41) is 74.4. The van der Waals surface area contributed by atoms with Crippen molar-refractivity contribution in [2.75, 3.05) is 13.2 Å². The van der Waals surface area contributed by atoms with Gasteiger partial charge in [0.15, 0.2) is 6.29 Å². The van der Waals surface area contributed by atoms with Gasteiger partial charge in [0.25, 0.3) is 0 Å². The van der Waals surface area contributed by atoms with E-state index < -0.39 is 74.2 Å². The Morgan fingerprint density at radius 1 is 0.773 bits per heavy atom. The number of nitrogens with one attached hydrogen (secondary N) is 1. The zero-order valence-electron chi connectivity index (χ0n) is 27.1. The number of hydrogen-bond acceptors (Lipinski definition) is 10. The number of hydrogen-bond donors (Lipinski definition) is 8. The molecule has 1 aliphatic rings. The molecule has 1 fully saturated rings. The summed E-state index contributed by atoms with van der Waals surface area (Å²) < 4.78 is 10.9. The molecule has 8 N–H and O–H groups in total. The van der Waals surface area contributed by atoms with Gasteiger partial charge in [-0.15, -0.1) is 0 Å². The molecule has 0 radical (unpaired) electrons. The lowest BCUT2D eigenvalue weighted by molar-refractivity contribution is -0.303. The van der Waals surface area contributed by atoms with Gasteiger partial charge in [0, 0.05) is 0 Å². The van der Waals surface area contributed by atoms with Crippen LogP contribution in [0, 0.1) is 0 Å². The van der Waals surface area contributed by atoms with Crippen molar-refractivity contribution in [2.45, 2.75) is 178 Å². The fraction of sp³-hybridized carbons (Fsp3) is 0.909. The van der Waals surface area contributed by atoms with Gasteiger partial charge in [-0.05, 0) is 38.5 Å². The van der Waals surface area contributed by atoms with Crippen LogP contribution >= 0.6 is 0 Å². The number of allylic oxidation sites excluding steroid dienone is 2. The molecular formula is C33H63NO10. The quantitative estimate of drug-likeness (QED) is 0.0519. The minimum atomic E-state index is -1.66. The highest BCUT2D eigenvalue weighted by Gasteiger charge is 2.44. The molecule has 1 heterocycles. The Bertz CT molecular complexity index is 739. The lowest BCUT2D eigenvalue weighted by Crippen LogP contribution is -2.60. The van der Waals surface area contributed by atoms with Crippen LogP contribution < -0.4 is 5.32 Å². The third-order valence-electron chi connectivity index (χ3n) is 8.32. The summed E-state index contributed by atoms with van der Waals surface area (Å²) in [7, 11) is 0. The number of rotatable bonds is 26. The fourth-order valence-electron chi connectivity index (χ4n) is 5.31. The summed E-state index contributed by atoms with van der Waals surface area (Å²) >= 11 is 0. The van der Waals surface area contributed by atoms with Crippen LogP contribution in [0.1, 0.15) is 123 Å². The Balaban J connectivity index is 2.61. The Morgan fingerprint density at radius 2 is 1.32 bits per heavy atom. The molecule has 9 atom stereocenters. The van der Waals surface area contributed by atoms with Crippen LogP contribution in [0.5, 0.6) is 0 Å². The number of carbonyl (C=O) groups excluding carboxylic acids is 1. The summed E-state index contributed by atoms with van der Waals surface area (Å²) in [4.78, 5) is 12.8. The molecule has 11 heteroatoms. The third kappa shape index (κ3) is 16.4. The molecule has 1 saturated heterocycles. The van der Waals surface area contributed by atoms with E-state index in [1.807, 2.05) is 0 Å². The second kappa shape index (κ2) is 25.0. The van der Waals surface area contributed by atoms with Gasteiger partial charge < -0.3 is 50.5 Å². The lowest BCUT2D eigenvalue weighted by Gasteiger charge is -2.40. The molecule has 1 amide bonds. The summed E-state index contributed by atoms with van der Waals surface area (Å²) in [5.74, 6) is -0.722. The van der Waals surface area contributed by atoms with Gasteiger partial charge in [0.05, 0.1) is 25.4 Å². The van der Waals surface area contributed by atoms with E-state index in [2.05, 4.69) is 31.3 Å². The summed E-state index contributed by atoms with van der Waals surface area (Å²) in [6, 6.07) is -1.17. The van der Waals surface area contributed by atoms with Crippen molar-refractivity contribution in [3.8, 4) is 0 Å². The number of unbranched alkanes of at least 4 members (excludes halogenated alkanes) is 12. The van der Waals surface area contributed by atoms with Crippen LogP contribution in [0.4, 0.5) is 0 Å². The molecule has 44 heavy (non-hydrogen) atoms. The number of amides is 1. The first kappa shape index (κ1) is 40.9. The van der Waals surface area contributed by atoms with Gasteiger partial charge in [-0.25, -0.2) is 0 Å². The topological polar surface area (TPSA) is 189 Å². The van der Waals surface area contributed by atoms with Crippen molar-refractivity contribution in [1.82, 2.24) is 5.32 Å². The Kier molecular flexibility index (Phi) is 23.2. The zero-order valence-corrected chi connectivity index (χ0v) is 27.1. The minimum absolute atomic E-state index is 0.230. The van der Waals surface area contributed by atoms with Gasteiger partial charge in [-0.2, -0.15) is 0 Å². The predicted molar refractivity (Wildman–Crippen MR) is 169 cm³/mol. The van der Waals surface area contributed by atoms with E-state index in [0.717, 1.165) is 44.9 Å². The highest BCUT2D eigenvalue weighted by molar-refractivity contribution is 5.80. The Hall–Kier alpha value is -1.15. The second-order valence-electron chi connectivity index (χ2n) is 12.2. The number of aliphatic hydroxyl groups is 7. The van der Waals surface area contributed by atoms with E-state index in [-0.39, 0.29) is 6.42 Å². The summed E-state index contributed by atoms with van der Waals surface area (Å²) in [6.45, 7) is 3.25. The first-order valence-electron chi connectivity index (χ1n) is 17.1. The summed E-state index contributed by atoms with van der Waals surface area (Å²) in [5.41, 5.74) is 0. The zero-order chi connectivity index (χ0) is 32.7. The molecule has 0 aromatic carbocycles. The normalized spacial score (nSPS) is 25.2. The number of ether oxygens (including phenoxy) is 2. The summed E-state index contributed by atoms with van der Waals surface area (Å²) in [6.07, 6.45) is 9.12. The standard InChI is InChI=1S/C33H63NO10/c1-3-5-7-9-10-11-12-13-14-15-17-19-21-26(37)32(42)34-24(28(38)25(36)20-18-16-8-6-4-2)23-43-33-31(41)30(40)29(39)27(22-35)44-33/h13-14,24-31,33,35-41H,3-12,15-23H2,1-2H3,(H,34,42)/b14-13-. The first-order chi connectivity index (χ1) is 21.2. The van der Waals surface area contributed by atoms with Crippen LogP contribution in [0.3, 0.4) is 0 Å². The van der Waals surface area contributed by atoms with Crippen LogP contribution in [0.25, 0.3) is 0 Å². The van der Waals surface area contributed by atoms with Crippen molar-refractivity contribution in [3.05, 3.63) is 12.2 Å². The van der Waals surface area contributed by atoms with E-state index in [4.69, 9.17) is 9.47 Å². The van der Waals surface area contributed by atoms with Gasteiger partial charge in [-0.1, -0.05) is 96.6 Å². The van der Waals surface area contributed by atoms with E-state index in [9.17, 15) is 40.5 Å². The van der Waals surface area contributed by atoms with Gasteiger partial charge in [0.2, 0.25) is 5.91 Å². The van der Waals surface area contributed by atoms with E-state index in [1.54, 1.807) is 0 Å². The van der Waals surface area contributed by atoms with E-state index >= 15 is 0 Å². The molecule has 0 bridgehead atoms. The molecular weight excluding hydrogens is 570 g/mol. The van der Waals surface area contributed by atoms with Crippen molar-refractivity contribution in [2.24, 2.45) is 0 Å². The molecule has 1 aliphatic heterocycles. The van der Waals surface area contributed by atoms with Gasteiger partial charge >= 0.3 is 0 Å². The van der Waals surface area contributed by atoms with E-state index in [1.165, 1.54) is 38.5 Å². The van der Waals surface area contributed by atoms with Crippen molar-refractivity contribution >= 4 is 5.91 Å². The second-order valence-corrected chi connectivity index (χ2v) is 12.2. The van der Waals surface area contributed by atoms with Crippen molar-refractivity contribution in [3.63, 3.8) is 0 Å². The molecule has 0 spiro atoms. The molecule has 0 aliphatic carbocycles. The minimum Gasteiger partial charge on any atom is -0.394 e. The molecule has 1 rings (SSSR count). The maximum atomic E-state index is 12.8. The molecule has 9 unspecified atom stereocenters. The average molecular weight is 634 g/mol. The van der Waals surface area contributed by atoms with Crippen LogP contribution in [0.2, 0.25) is 0 Å².